The molecule has 0 unspecified atom stereocenters. The molecule has 0 bridgehead atoms. The van der Waals surface area contributed by atoms with Crippen molar-refractivity contribution in [2.24, 2.45) is 5.73 Å². The number of rotatable bonds is 5. The molecule has 0 spiro atoms. The van der Waals surface area contributed by atoms with Gasteiger partial charge in [-0.1, -0.05) is 12.1 Å². The average molecular weight is 219 g/mol. The van der Waals surface area contributed by atoms with Crippen molar-refractivity contribution in [2.45, 2.75) is 19.4 Å². The Balaban J connectivity index is 2.41. The second-order valence-electron chi connectivity index (χ2n) is 3.78. The molecule has 0 saturated heterocycles. The average Bonchev–Trinajstić information content (AvgIpc) is 2.66. The van der Waals surface area contributed by atoms with Crippen molar-refractivity contribution in [2.75, 3.05) is 13.2 Å². The van der Waals surface area contributed by atoms with Crippen molar-refractivity contribution >= 4 is 11.0 Å². The summed E-state index contributed by atoms with van der Waals surface area (Å²) < 4.78 is 2.07. The number of hydrogen-bond donors (Lipinski definition) is 2. The number of nitrogens with two attached hydrogens (primary N) is 1. The Kier molecular flexibility index (Phi) is 3.54. The highest BCUT2D eigenvalue weighted by molar-refractivity contribution is 5.75. The number of aromatic nitrogens is 2. The van der Waals surface area contributed by atoms with Crippen LogP contribution in [0.3, 0.4) is 0 Å². The number of nitrogens with zero attached hydrogens (tertiary/aromatic N) is 2. The zero-order chi connectivity index (χ0) is 11.4. The van der Waals surface area contributed by atoms with Crippen LogP contribution in [0.5, 0.6) is 0 Å². The first-order chi connectivity index (χ1) is 7.86. The SMILES string of the molecule is NCCCc1nc2ccccc2n1CCO. The molecular formula is C12H17N3O. The van der Waals surface area contributed by atoms with Gasteiger partial charge in [-0.15, -0.1) is 0 Å². The monoisotopic (exact) mass is 219 g/mol. The molecule has 2 rings (SSSR count). The van der Waals surface area contributed by atoms with Crippen molar-refractivity contribution in [3.8, 4) is 0 Å². The van der Waals surface area contributed by atoms with Crippen LogP contribution in [-0.4, -0.2) is 27.8 Å². The molecule has 2 aromatic rings. The number of para-hydroxylation sites is 2. The fourth-order valence-electron chi connectivity index (χ4n) is 1.93. The highest BCUT2D eigenvalue weighted by atomic mass is 16.3. The fraction of sp³-hybridized carbons (Fsp3) is 0.417. The van der Waals surface area contributed by atoms with Gasteiger partial charge in [0.2, 0.25) is 0 Å². The second-order valence-corrected chi connectivity index (χ2v) is 3.78. The van der Waals surface area contributed by atoms with E-state index in [-0.39, 0.29) is 6.61 Å². The highest BCUT2D eigenvalue weighted by Gasteiger charge is 2.08. The molecule has 0 radical (unpaired) electrons. The lowest BCUT2D eigenvalue weighted by Gasteiger charge is -2.06. The predicted octanol–water partition coefficient (Wildman–Crippen LogP) is 0.920. The minimum Gasteiger partial charge on any atom is -0.395 e. The Bertz CT molecular complexity index is 464. The first-order valence-electron chi connectivity index (χ1n) is 5.62. The molecule has 4 nitrogen and oxygen atoms in total. The molecular weight excluding hydrogens is 202 g/mol. The summed E-state index contributed by atoms with van der Waals surface area (Å²) in [5, 5.41) is 9.07. The molecule has 1 aromatic heterocycles. The van der Waals surface area contributed by atoms with Gasteiger partial charge < -0.3 is 15.4 Å². The summed E-state index contributed by atoms with van der Waals surface area (Å²) in [6.07, 6.45) is 1.79. The zero-order valence-electron chi connectivity index (χ0n) is 9.26. The molecule has 16 heavy (non-hydrogen) atoms. The number of aliphatic hydroxyl groups excluding tert-OH is 1. The maximum absolute atomic E-state index is 9.07. The van der Waals surface area contributed by atoms with Gasteiger partial charge in [-0.25, -0.2) is 4.98 Å². The number of aliphatic hydroxyl groups is 1. The molecule has 3 N–H and O–H groups in total. The third kappa shape index (κ3) is 2.08. The summed E-state index contributed by atoms with van der Waals surface area (Å²) in [4.78, 5) is 4.57. The van der Waals surface area contributed by atoms with E-state index in [0.29, 0.717) is 13.1 Å². The minimum atomic E-state index is 0.135. The van der Waals surface area contributed by atoms with Crippen molar-refractivity contribution in [1.29, 1.82) is 0 Å². The molecule has 86 valence electrons. The van der Waals surface area contributed by atoms with Crippen LogP contribution in [-0.2, 0) is 13.0 Å². The van der Waals surface area contributed by atoms with E-state index in [1.807, 2.05) is 24.3 Å². The fourth-order valence-corrected chi connectivity index (χ4v) is 1.93. The molecule has 0 atom stereocenters. The summed E-state index contributed by atoms with van der Waals surface area (Å²) in [7, 11) is 0. The molecule has 0 amide bonds. The Morgan fingerprint density at radius 2 is 2.12 bits per heavy atom. The quantitative estimate of drug-likeness (QED) is 0.786. The smallest absolute Gasteiger partial charge is 0.109 e. The number of aryl methyl sites for hydroxylation is 1. The summed E-state index contributed by atoms with van der Waals surface area (Å²) in [6.45, 7) is 1.40. The van der Waals surface area contributed by atoms with Crippen LogP contribution in [0, 0.1) is 0 Å². The number of fused-ring (bicyclic) bond motifs is 1. The van der Waals surface area contributed by atoms with Crippen LogP contribution in [0.2, 0.25) is 0 Å². The van der Waals surface area contributed by atoms with Crippen molar-refractivity contribution in [3.63, 3.8) is 0 Å². The highest BCUT2D eigenvalue weighted by Crippen LogP contribution is 2.16. The molecule has 0 aliphatic rings. The maximum Gasteiger partial charge on any atom is 0.109 e. The Labute approximate surface area is 94.7 Å². The third-order valence-corrected chi connectivity index (χ3v) is 2.66. The van der Waals surface area contributed by atoms with Gasteiger partial charge in [-0.3, -0.25) is 0 Å². The van der Waals surface area contributed by atoms with Crippen molar-refractivity contribution in [1.82, 2.24) is 9.55 Å². The molecule has 1 aromatic carbocycles. The third-order valence-electron chi connectivity index (χ3n) is 2.66. The van der Waals surface area contributed by atoms with Gasteiger partial charge in [0.15, 0.2) is 0 Å². The molecule has 0 aliphatic carbocycles. The molecule has 0 saturated carbocycles. The standard InChI is InChI=1S/C12H17N3O/c13-7-3-6-12-14-10-4-1-2-5-11(10)15(12)8-9-16/h1-2,4-5,16H,3,6-9,13H2. The molecule has 0 aliphatic heterocycles. The minimum absolute atomic E-state index is 0.135. The van der Waals surface area contributed by atoms with Gasteiger partial charge in [-0.05, 0) is 25.1 Å². The lowest BCUT2D eigenvalue weighted by Crippen LogP contribution is -2.09. The van der Waals surface area contributed by atoms with Crippen LogP contribution in [0.1, 0.15) is 12.2 Å². The van der Waals surface area contributed by atoms with Crippen LogP contribution in [0.4, 0.5) is 0 Å². The lowest BCUT2D eigenvalue weighted by molar-refractivity contribution is 0.276. The largest absolute Gasteiger partial charge is 0.395 e. The van der Waals surface area contributed by atoms with Crippen LogP contribution in [0.15, 0.2) is 24.3 Å². The Morgan fingerprint density at radius 1 is 1.31 bits per heavy atom. The van der Waals surface area contributed by atoms with Crippen LogP contribution < -0.4 is 5.73 Å². The predicted molar refractivity (Wildman–Crippen MR) is 64.2 cm³/mol. The lowest BCUT2D eigenvalue weighted by atomic mass is 10.3. The van der Waals surface area contributed by atoms with Gasteiger partial charge in [0, 0.05) is 13.0 Å². The topological polar surface area (TPSA) is 64.1 Å². The van der Waals surface area contributed by atoms with Gasteiger partial charge in [0.05, 0.1) is 17.6 Å². The number of benzene rings is 1. The zero-order valence-corrected chi connectivity index (χ0v) is 9.26. The van der Waals surface area contributed by atoms with Gasteiger partial charge in [-0.2, -0.15) is 0 Å². The van der Waals surface area contributed by atoms with E-state index in [0.717, 1.165) is 29.7 Å². The number of hydrogen-bond acceptors (Lipinski definition) is 3. The van der Waals surface area contributed by atoms with E-state index in [1.54, 1.807) is 0 Å². The van der Waals surface area contributed by atoms with Gasteiger partial charge >= 0.3 is 0 Å². The van der Waals surface area contributed by atoms with E-state index in [4.69, 9.17) is 10.8 Å². The van der Waals surface area contributed by atoms with Crippen LogP contribution in [0.25, 0.3) is 11.0 Å². The van der Waals surface area contributed by atoms with E-state index < -0.39 is 0 Å². The summed E-state index contributed by atoms with van der Waals surface area (Å²) in [5.41, 5.74) is 7.58. The van der Waals surface area contributed by atoms with Gasteiger partial charge in [0.25, 0.3) is 0 Å². The van der Waals surface area contributed by atoms with Crippen molar-refractivity contribution < 1.29 is 5.11 Å². The van der Waals surface area contributed by atoms with Crippen LogP contribution >= 0.6 is 0 Å². The Morgan fingerprint density at radius 3 is 2.88 bits per heavy atom. The van der Waals surface area contributed by atoms with E-state index >= 15 is 0 Å². The molecule has 4 heteroatoms. The summed E-state index contributed by atoms with van der Waals surface area (Å²) >= 11 is 0. The second kappa shape index (κ2) is 5.09. The molecule has 1 heterocycles. The first kappa shape index (κ1) is 11.1. The van der Waals surface area contributed by atoms with Crippen molar-refractivity contribution in [3.05, 3.63) is 30.1 Å². The van der Waals surface area contributed by atoms with E-state index in [2.05, 4.69) is 9.55 Å². The van der Waals surface area contributed by atoms with Gasteiger partial charge in [0.1, 0.15) is 5.82 Å². The van der Waals surface area contributed by atoms with E-state index in [9.17, 15) is 0 Å². The maximum atomic E-state index is 9.07. The summed E-state index contributed by atoms with van der Waals surface area (Å²) in [6, 6.07) is 8.00. The normalized spacial score (nSPS) is 11.1. The first-order valence-corrected chi connectivity index (χ1v) is 5.62. The Hall–Kier alpha value is -1.39. The van der Waals surface area contributed by atoms with E-state index in [1.165, 1.54) is 0 Å². The molecule has 0 fully saturated rings. The number of imidazole rings is 1. The summed E-state index contributed by atoms with van der Waals surface area (Å²) in [5.74, 6) is 1.01.